The molecule has 180 valence electrons. The standard InChI is InChI=1S/C22H18F2O9S/c23-22(24,34(28,29)30)9-31-20(26)15-13-8-14-16(15)21(27)33-18(14)17(13)32-19(25)12-6-5-10-3-1-2-4-11(10)7-12/h1-7,13-18H,8-9H2,(H,28,29,30). The normalized spacial score (nSPS) is 29.8. The van der Waals surface area contributed by atoms with Gasteiger partial charge < -0.3 is 14.2 Å². The van der Waals surface area contributed by atoms with Crippen LogP contribution in [0.5, 0.6) is 0 Å². The fourth-order valence-corrected chi connectivity index (χ4v) is 5.51. The van der Waals surface area contributed by atoms with Crippen molar-refractivity contribution in [2.45, 2.75) is 23.9 Å². The zero-order valence-electron chi connectivity index (χ0n) is 17.3. The van der Waals surface area contributed by atoms with Gasteiger partial charge in [0.1, 0.15) is 12.2 Å². The van der Waals surface area contributed by atoms with Crippen LogP contribution in [0, 0.1) is 23.7 Å². The number of rotatable bonds is 6. The molecular formula is C22H18F2O9S. The number of hydrogen-bond acceptors (Lipinski definition) is 8. The fourth-order valence-electron chi connectivity index (χ4n) is 5.30. The number of hydrogen-bond donors (Lipinski definition) is 1. The molecule has 0 radical (unpaired) electrons. The van der Waals surface area contributed by atoms with Crippen LogP contribution >= 0.6 is 0 Å². The van der Waals surface area contributed by atoms with Gasteiger partial charge in [-0.1, -0.05) is 30.3 Å². The lowest BCUT2D eigenvalue weighted by Gasteiger charge is -2.30. The van der Waals surface area contributed by atoms with Gasteiger partial charge in [-0.25, -0.2) is 4.79 Å². The maximum absolute atomic E-state index is 13.5. The smallest absolute Gasteiger partial charge is 0.402 e. The summed E-state index contributed by atoms with van der Waals surface area (Å²) >= 11 is 0. The Morgan fingerprint density at radius 2 is 1.82 bits per heavy atom. The molecular weight excluding hydrogens is 478 g/mol. The second kappa shape index (κ2) is 7.70. The third-order valence-corrected chi connectivity index (χ3v) is 7.68. The van der Waals surface area contributed by atoms with E-state index in [1.165, 1.54) is 0 Å². The van der Waals surface area contributed by atoms with Gasteiger partial charge in [-0.2, -0.15) is 17.2 Å². The SMILES string of the molecule is O=C(OC1C2CC3C1OC(=O)C3C2C(=O)OCC(F)(F)S(=O)(=O)O)c1ccc2ccccc2c1. The van der Waals surface area contributed by atoms with E-state index in [-0.39, 0.29) is 12.0 Å². The Kier molecular flexibility index (Phi) is 5.13. The molecule has 0 aromatic heterocycles. The second-order valence-corrected chi connectivity index (χ2v) is 10.2. The summed E-state index contributed by atoms with van der Waals surface area (Å²) in [6.07, 6.45) is -1.49. The highest BCUT2D eigenvalue weighted by molar-refractivity contribution is 7.86. The molecule has 1 aliphatic heterocycles. The third-order valence-electron chi connectivity index (χ3n) is 6.81. The molecule has 0 spiro atoms. The molecule has 0 amide bonds. The van der Waals surface area contributed by atoms with E-state index in [4.69, 9.17) is 14.0 Å². The Morgan fingerprint density at radius 1 is 1.12 bits per heavy atom. The largest absolute Gasteiger partial charge is 0.458 e. The van der Waals surface area contributed by atoms with Crippen molar-refractivity contribution in [2.75, 3.05) is 6.61 Å². The van der Waals surface area contributed by atoms with Crippen molar-refractivity contribution >= 4 is 38.8 Å². The van der Waals surface area contributed by atoms with Gasteiger partial charge in [0.05, 0.1) is 17.4 Å². The molecule has 2 aliphatic carbocycles. The van der Waals surface area contributed by atoms with Gasteiger partial charge in [0.2, 0.25) is 0 Å². The number of benzene rings is 2. The molecule has 1 N–H and O–H groups in total. The van der Waals surface area contributed by atoms with Crippen molar-refractivity contribution in [1.82, 2.24) is 0 Å². The molecule has 3 aliphatic rings. The van der Waals surface area contributed by atoms with E-state index in [1.807, 2.05) is 24.3 Å². The summed E-state index contributed by atoms with van der Waals surface area (Å²) in [5.41, 5.74) is 0.245. The predicted molar refractivity (Wildman–Crippen MR) is 109 cm³/mol. The first kappa shape index (κ1) is 22.7. The average molecular weight is 496 g/mol. The summed E-state index contributed by atoms with van der Waals surface area (Å²) in [6.45, 7) is -1.91. The topological polar surface area (TPSA) is 133 Å². The first-order valence-corrected chi connectivity index (χ1v) is 11.8. The van der Waals surface area contributed by atoms with Gasteiger partial charge in [0, 0.05) is 11.8 Å². The van der Waals surface area contributed by atoms with Crippen LogP contribution in [-0.4, -0.2) is 54.9 Å². The van der Waals surface area contributed by atoms with Crippen LogP contribution in [0.3, 0.4) is 0 Å². The van der Waals surface area contributed by atoms with Crippen molar-refractivity contribution in [3.8, 4) is 0 Å². The molecule has 2 saturated carbocycles. The molecule has 34 heavy (non-hydrogen) atoms. The van der Waals surface area contributed by atoms with E-state index in [1.54, 1.807) is 18.2 Å². The van der Waals surface area contributed by atoms with Crippen molar-refractivity contribution in [3.63, 3.8) is 0 Å². The number of carbonyl (C=O) groups is 3. The zero-order chi connectivity index (χ0) is 24.4. The van der Waals surface area contributed by atoms with Crippen LogP contribution in [-0.2, 0) is 33.9 Å². The Balaban J connectivity index is 1.35. The lowest BCUT2D eigenvalue weighted by Crippen LogP contribution is -2.44. The number of fused-ring (bicyclic) bond motifs is 2. The van der Waals surface area contributed by atoms with Gasteiger partial charge in [-0.05, 0) is 29.3 Å². The molecule has 6 atom stereocenters. The summed E-state index contributed by atoms with van der Waals surface area (Å²) in [4.78, 5) is 37.8. The summed E-state index contributed by atoms with van der Waals surface area (Å²) in [7, 11) is -5.80. The highest BCUT2D eigenvalue weighted by Crippen LogP contribution is 2.59. The minimum atomic E-state index is -5.80. The zero-order valence-corrected chi connectivity index (χ0v) is 18.1. The number of ether oxygens (including phenoxy) is 3. The average Bonchev–Trinajstić information content (AvgIpc) is 3.40. The van der Waals surface area contributed by atoms with Crippen LogP contribution in [0.1, 0.15) is 16.8 Å². The van der Waals surface area contributed by atoms with E-state index in [9.17, 15) is 31.6 Å². The summed E-state index contributed by atoms with van der Waals surface area (Å²) < 4.78 is 72.6. The number of carbonyl (C=O) groups excluding carboxylic acids is 3. The van der Waals surface area contributed by atoms with E-state index >= 15 is 0 Å². The quantitative estimate of drug-likeness (QED) is 0.363. The third kappa shape index (κ3) is 3.52. The lowest BCUT2D eigenvalue weighted by molar-refractivity contribution is -0.161. The Labute approximate surface area is 191 Å². The highest BCUT2D eigenvalue weighted by Gasteiger charge is 2.70. The van der Waals surface area contributed by atoms with Crippen molar-refractivity contribution in [1.29, 1.82) is 0 Å². The Bertz CT molecular complexity index is 1310. The molecule has 2 aromatic rings. The minimum absolute atomic E-state index is 0.245. The van der Waals surface area contributed by atoms with Crippen molar-refractivity contribution in [3.05, 3.63) is 48.0 Å². The fraction of sp³-hybridized carbons (Fsp3) is 0.409. The van der Waals surface area contributed by atoms with E-state index < -0.39 is 75.8 Å². The van der Waals surface area contributed by atoms with E-state index in [0.29, 0.717) is 0 Å². The molecule has 12 heteroatoms. The Morgan fingerprint density at radius 3 is 2.53 bits per heavy atom. The van der Waals surface area contributed by atoms with Gasteiger partial charge >= 0.3 is 33.3 Å². The second-order valence-electron chi connectivity index (χ2n) is 8.67. The molecule has 1 saturated heterocycles. The summed E-state index contributed by atoms with van der Waals surface area (Å²) in [6, 6.07) is 12.3. The monoisotopic (exact) mass is 496 g/mol. The molecule has 9 nitrogen and oxygen atoms in total. The summed E-state index contributed by atoms with van der Waals surface area (Å²) in [5.74, 6) is -6.09. The number of alkyl halides is 2. The van der Waals surface area contributed by atoms with Crippen LogP contribution in [0.15, 0.2) is 42.5 Å². The van der Waals surface area contributed by atoms with E-state index in [0.717, 1.165) is 10.8 Å². The first-order chi connectivity index (χ1) is 16.0. The first-order valence-electron chi connectivity index (χ1n) is 10.4. The maximum Gasteiger partial charge on any atom is 0.402 e. The number of esters is 3. The predicted octanol–water partition coefficient (Wildman–Crippen LogP) is 2.20. The van der Waals surface area contributed by atoms with E-state index in [2.05, 4.69) is 4.74 Å². The van der Waals surface area contributed by atoms with Crippen molar-refractivity contribution in [2.24, 2.45) is 23.7 Å². The van der Waals surface area contributed by atoms with Crippen LogP contribution in [0.2, 0.25) is 0 Å². The van der Waals surface area contributed by atoms with Gasteiger partial charge in [0.25, 0.3) is 0 Å². The molecule has 1 heterocycles. The van der Waals surface area contributed by atoms with Gasteiger partial charge in [-0.3, -0.25) is 14.1 Å². The van der Waals surface area contributed by atoms with Gasteiger partial charge in [0.15, 0.2) is 6.61 Å². The Hall–Kier alpha value is -3.12. The molecule has 3 fully saturated rings. The van der Waals surface area contributed by atoms with Gasteiger partial charge in [-0.15, -0.1) is 0 Å². The molecule has 5 rings (SSSR count). The lowest BCUT2D eigenvalue weighted by atomic mass is 9.78. The molecule has 2 bridgehead atoms. The highest BCUT2D eigenvalue weighted by atomic mass is 32.2. The minimum Gasteiger partial charge on any atom is -0.458 e. The number of halogens is 2. The van der Waals surface area contributed by atoms with Crippen LogP contribution in [0.4, 0.5) is 8.78 Å². The summed E-state index contributed by atoms with van der Waals surface area (Å²) in [5, 5.41) is -2.99. The van der Waals surface area contributed by atoms with Crippen LogP contribution in [0.25, 0.3) is 10.8 Å². The van der Waals surface area contributed by atoms with Crippen LogP contribution < -0.4 is 0 Å². The molecule has 6 unspecified atom stereocenters. The maximum atomic E-state index is 13.5. The van der Waals surface area contributed by atoms with Crippen molar-refractivity contribution < 1.29 is 50.3 Å². The molecule has 2 aromatic carbocycles.